The summed E-state index contributed by atoms with van der Waals surface area (Å²) in [7, 11) is 0. The van der Waals surface area contributed by atoms with E-state index in [1.807, 2.05) is 10.3 Å². The normalized spacial score (nSPS) is 11.3. The zero-order valence-corrected chi connectivity index (χ0v) is 11.4. The maximum absolute atomic E-state index is 12.9. The van der Waals surface area contributed by atoms with Gasteiger partial charge >= 0.3 is 6.18 Å². The van der Waals surface area contributed by atoms with Crippen LogP contribution in [0.15, 0.2) is 35.1 Å². The van der Waals surface area contributed by atoms with E-state index in [2.05, 4.69) is 0 Å². The number of carbonyl (C=O) groups excluding carboxylic acids is 1. The fourth-order valence-corrected chi connectivity index (χ4v) is 1.89. The second-order valence-corrected chi connectivity index (χ2v) is 4.70. The Labute approximate surface area is 126 Å². The number of amides is 1. The summed E-state index contributed by atoms with van der Waals surface area (Å²) in [6.07, 6.45) is -4.72. The fraction of sp³-hybridized carbons (Fsp3) is 0.0769. The Bertz CT molecular complexity index is 787. The van der Waals surface area contributed by atoms with Crippen LogP contribution in [0, 0.1) is 0 Å². The molecule has 0 aliphatic heterocycles. The lowest BCUT2D eigenvalue weighted by molar-refractivity contribution is -0.136. The molecule has 1 aromatic carbocycles. The predicted molar refractivity (Wildman–Crippen MR) is 73.1 cm³/mol. The van der Waals surface area contributed by atoms with E-state index >= 15 is 0 Å². The SMILES string of the molecule is O=C(Nc1ccc(Cl)cc1C(F)(F)F)c1cc(O)[nH]c(=O)c1. The van der Waals surface area contributed by atoms with E-state index in [0.717, 1.165) is 18.2 Å². The highest BCUT2D eigenvalue weighted by Crippen LogP contribution is 2.36. The van der Waals surface area contributed by atoms with Crippen LogP contribution in [-0.4, -0.2) is 16.0 Å². The Balaban J connectivity index is 2.38. The third-order valence-corrected chi connectivity index (χ3v) is 2.86. The van der Waals surface area contributed by atoms with Crippen LogP contribution in [-0.2, 0) is 6.18 Å². The molecular weight excluding hydrogens is 325 g/mol. The average Bonchev–Trinajstić information content (AvgIpc) is 2.38. The molecular formula is C13H8ClF3N2O3. The number of hydrogen-bond donors (Lipinski definition) is 3. The molecule has 1 amide bonds. The zero-order valence-electron chi connectivity index (χ0n) is 10.7. The second-order valence-electron chi connectivity index (χ2n) is 4.26. The van der Waals surface area contributed by atoms with Crippen molar-refractivity contribution in [3.05, 3.63) is 56.8 Å². The standard InChI is InChI=1S/C13H8ClF3N2O3/c14-7-1-2-9(8(5-7)13(15,16)17)18-12(22)6-3-10(20)19-11(21)4-6/h1-5H,(H,18,22)(H2,19,20,21). The smallest absolute Gasteiger partial charge is 0.418 e. The largest absolute Gasteiger partial charge is 0.494 e. The van der Waals surface area contributed by atoms with Gasteiger partial charge in [-0.3, -0.25) is 14.6 Å². The number of alkyl halides is 3. The van der Waals surface area contributed by atoms with Crippen LogP contribution in [0.25, 0.3) is 0 Å². The molecule has 2 aromatic rings. The Morgan fingerprint density at radius 3 is 2.50 bits per heavy atom. The number of aromatic amines is 1. The Kier molecular flexibility index (Phi) is 4.14. The van der Waals surface area contributed by atoms with Gasteiger partial charge in [-0.25, -0.2) is 0 Å². The number of H-pyrrole nitrogens is 1. The van der Waals surface area contributed by atoms with E-state index in [0.29, 0.717) is 6.07 Å². The highest BCUT2D eigenvalue weighted by atomic mass is 35.5. The molecule has 0 aliphatic rings. The van der Waals surface area contributed by atoms with Crippen molar-refractivity contribution in [2.24, 2.45) is 0 Å². The topological polar surface area (TPSA) is 82.2 Å². The van der Waals surface area contributed by atoms with E-state index in [1.165, 1.54) is 6.07 Å². The first-order valence-electron chi connectivity index (χ1n) is 5.78. The number of benzene rings is 1. The molecule has 0 bridgehead atoms. The first kappa shape index (κ1) is 15.9. The number of pyridine rings is 1. The number of aromatic nitrogens is 1. The van der Waals surface area contributed by atoms with Crippen molar-refractivity contribution in [2.45, 2.75) is 6.18 Å². The van der Waals surface area contributed by atoms with Crippen molar-refractivity contribution in [3.63, 3.8) is 0 Å². The molecule has 5 nitrogen and oxygen atoms in total. The number of halogens is 4. The van der Waals surface area contributed by atoms with Gasteiger partial charge < -0.3 is 10.4 Å². The van der Waals surface area contributed by atoms with Gasteiger partial charge in [0.15, 0.2) is 5.88 Å². The van der Waals surface area contributed by atoms with Gasteiger partial charge in [0.1, 0.15) is 0 Å². The molecule has 0 fully saturated rings. The molecule has 2 rings (SSSR count). The van der Waals surface area contributed by atoms with Crippen LogP contribution in [0.5, 0.6) is 5.88 Å². The molecule has 0 saturated heterocycles. The lowest BCUT2D eigenvalue weighted by atomic mass is 10.1. The number of hydrogen-bond acceptors (Lipinski definition) is 3. The van der Waals surface area contributed by atoms with Gasteiger partial charge in [0, 0.05) is 17.2 Å². The van der Waals surface area contributed by atoms with Crippen LogP contribution in [0.1, 0.15) is 15.9 Å². The molecule has 0 saturated carbocycles. The minimum absolute atomic E-state index is 0.140. The van der Waals surface area contributed by atoms with Gasteiger partial charge in [0.05, 0.1) is 16.8 Å². The van der Waals surface area contributed by atoms with Crippen molar-refractivity contribution in [1.29, 1.82) is 0 Å². The van der Waals surface area contributed by atoms with E-state index in [4.69, 9.17) is 11.6 Å². The molecule has 1 aromatic heterocycles. The molecule has 0 atom stereocenters. The van der Waals surface area contributed by atoms with Gasteiger partial charge in [-0.15, -0.1) is 0 Å². The van der Waals surface area contributed by atoms with Crippen LogP contribution >= 0.6 is 11.6 Å². The first-order valence-corrected chi connectivity index (χ1v) is 6.16. The van der Waals surface area contributed by atoms with Crippen LogP contribution in [0.3, 0.4) is 0 Å². The van der Waals surface area contributed by atoms with E-state index in [9.17, 15) is 27.9 Å². The molecule has 0 radical (unpaired) electrons. The quantitative estimate of drug-likeness (QED) is 0.790. The maximum atomic E-state index is 12.9. The minimum atomic E-state index is -4.72. The minimum Gasteiger partial charge on any atom is -0.494 e. The Morgan fingerprint density at radius 1 is 1.23 bits per heavy atom. The number of anilines is 1. The summed E-state index contributed by atoms with van der Waals surface area (Å²) in [6, 6.07) is 4.61. The zero-order chi connectivity index (χ0) is 16.5. The van der Waals surface area contributed by atoms with Gasteiger partial charge in [-0.05, 0) is 18.2 Å². The number of nitrogens with one attached hydrogen (secondary N) is 2. The third kappa shape index (κ3) is 3.59. The van der Waals surface area contributed by atoms with E-state index in [-0.39, 0.29) is 10.6 Å². The number of rotatable bonds is 2. The summed E-state index contributed by atoms with van der Waals surface area (Å²) in [5.74, 6) is -1.56. The van der Waals surface area contributed by atoms with Gasteiger partial charge in [-0.2, -0.15) is 13.2 Å². The van der Waals surface area contributed by atoms with Crippen molar-refractivity contribution in [3.8, 4) is 5.88 Å². The maximum Gasteiger partial charge on any atom is 0.418 e. The summed E-state index contributed by atoms with van der Waals surface area (Å²) in [5, 5.41) is 11.1. The number of carbonyl (C=O) groups is 1. The molecule has 3 N–H and O–H groups in total. The molecule has 22 heavy (non-hydrogen) atoms. The Morgan fingerprint density at radius 2 is 1.91 bits per heavy atom. The summed E-state index contributed by atoms with van der Waals surface area (Å²) in [4.78, 5) is 25.0. The Hall–Kier alpha value is -2.48. The van der Waals surface area contributed by atoms with Crippen LogP contribution in [0.2, 0.25) is 5.02 Å². The fourth-order valence-electron chi connectivity index (χ4n) is 1.71. The van der Waals surface area contributed by atoms with Gasteiger partial charge in [0.25, 0.3) is 11.5 Å². The van der Waals surface area contributed by atoms with Crippen molar-refractivity contribution in [1.82, 2.24) is 4.98 Å². The molecule has 1 heterocycles. The number of aromatic hydroxyl groups is 1. The third-order valence-electron chi connectivity index (χ3n) is 2.63. The molecule has 0 aliphatic carbocycles. The van der Waals surface area contributed by atoms with Crippen molar-refractivity contribution in [2.75, 3.05) is 5.32 Å². The summed E-state index contributed by atoms with van der Waals surface area (Å²) < 4.78 is 38.7. The monoisotopic (exact) mass is 332 g/mol. The molecule has 0 unspecified atom stereocenters. The van der Waals surface area contributed by atoms with Crippen molar-refractivity contribution < 1.29 is 23.1 Å². The van der Waals surface area contributed by atoms with Crippen LogP contribution < -0.4 is 10.9 Å². The van der Waals surface area contributed by atoms with Crippen LogP contribution in [0.4, 0.5) is 18.9 Å². The van der Waals surface area contributed by atoms with E-state index in [1.54, 1.807) is 0 Å². The van der Waals surface area contributed by atoms with Gasteiger partial charge in [-0.1, -0.05) is 11.6 Å². The first-order chi connectivity index (χ1) is 10.2. The average molecular weight is 333 g/mol. The lowest BCUT2D eigenvalue weighted by Crippen LogP contribution is -2.18. The summed E-state index contributed by atoms with van der Waals surface area (Å²) in [6.45, 7) is 0. The highest BCUT2D eigenvalue weighted by Gasteiger charge is 2.34. The molecule has 116 valence electrons. The second kappa shape index (κ2) is 5.72. The molecule has 0 spiro atoms. The van der Waals surface area contributed by atoms with Crippen molar-refractivity contribution >= 4 is 23.2 Å². The van der Waals surface area contributed by atoms with E-state index < -0.39 is 34.8 Å². The predicted octanol–water partition coefficient (Wildman–Crippen LogP) is 3.00. The van der Waals surface area contributed by atoms with Gasteiger partial charge in [0.2, 0.25) is 0 Å². The lowest BCUT2D eigenvalue weighted by Gasteiger charge is -2.14. The molecule has 9 heteroatoms. The summed E-state index contributed by atoms with van der Waals surface area (Å²) in [5.41, 5.74) is -2.69. The highest BCUT2D eigenvalue weighted by molar-refractivity contribution is 6.30. The summed E-state index contributed by atoms with van der Waals surface area (Å²) >= 11 is 5.53.